The number of aryl methyl sites for hydroxylation is 1. The zero-order valence-corrected chi connectivity index (χ0v) is 17.0. The Morgan fingerprint density at radius 2 is 1.74 bits per heavy atom. The van der Waals surface area contributed by atoms with Crippen LogP contribution in [0.4, 0.5) is 0 Å². The van der Waals surface area contributed by atoms with Gasteiger partial charge < -0.3 is 0 Å². The molecule has 3 aromatic rings. The van der Waals surface area contributed by atoms with E-state index in [0.29, 0.717) is 0 Å². The van der Waals surface area contributed by atoms with Crippen molar-refractivity contribution in [1.82, 2.24) is 10.3 Å². The van der Waals surface area contributed by atoms with Gasteiger partial charge in [-0.3, -0.25) is 0 Å². The Hall–Kier alpha value is -2.08. The third-order valence-electron chi connectivity index (χ3n) is 3.61. The molecule has 27 heavy (non-hydrogen) atoms. The van der Waals surface area contributed by atoms with Gasteiger partial charge in [0, 0.05) is 9.77 Å². The lowest BCUT2D eigenvalue weighted by atomic mass is 10.2. The highest BCUT2D eigenvalue weighted by atomic mass is 32.2. The van der Waals surface area contributed by atoms with Gasteiger partial charge in [-0.1, -0.05) is 47.9 Å². The van der Waals surface area contributed by atoms with E-state index in [1.807, 2.05) is 54.8 Å². The lowest BCUT2D eigenvalue weighted by molar-refractivity contribution is 0.542. The number of rotatable bonds is 6. The first-order valence-electron chi connectivity index (χ1n) is 8.14. The van der Waals surface area contributed by atoms with Crippen molar-refractivity contribution in [2.24, 2.45) is 0 Å². The maximum absolute atomic E-state index is 12.5. The minimum absolute atomic E-state index is 0.206. The van der Waals surface area contributed by atoms with Crippen LogP contribution in [0.25, 0.3) is 0 Å². The number of hydrazine groups is 1. The quantitative estimate of drug-likeness (QED) is 0.358. The van der Waals surface area contributed by atoms with Crippen molar-refractivity contribution in [3.8, 4) is 11.2 Å². The average molecular weight is 415 g/mol. The van der Waals surface area contributed by atoms with Crippen LogP contribution in [0.15, 0.2) is 81.9 Å². The van der Waals surface area contributed by atoms with Gasteiger partial charge in [-0.25, -0.2) is 13.8 Å². The predicted octanol–water partition coefficient (Wildman–Crippen LogP) is 4.33. The highest BCUT2D eigenvalue weighted by Crippen LogP contribution is 2.20. The Morgan fingerprint density at radius 3 is 2.41 bits per heavy atom. The van der Waals surface area contributed by atoms with Gasteiger partial charge in [0.05, 0.1) is 4.90 Å². The third kappa shape index (κ3) is 5.70. The Kier molecular flexibility index (Phi) is 6.72. The van der Waals surface area contributed by atoms with Gasteiger partial charge in [-0.15, -0.1) is 16.2 Å². The first kappa shape index (κ1) is 19.7. The summed E-state index contributed by atoms with van der Waals surface area (Å²) in [5, 5.41) is 4.98. The summed E-state index contributed by atoms with van der Waals surface area (Å²) in [4.78, 5) is 4.62. The second-order valence-electron chi connectivity index (χ2n) is 5.67. The van der Waals surface area contributed by atoms with E-state index in [9.17, 15) is 8.42 Å². The van der Waals surface area contributed by atoms with E-state index in [4.69, 9.17) is 0 Å². The minimum Gasteiger partial charge on any atom is -0.223 e. The van der Waals surface area contributed by atoms with Crippen LogP contribution < -0.4 is 10.3 Å². The van der Waals surface area contributed by atoms with Gasteiger partial charge in [0.1, 0.15) is 6.04 Å². The van der Waals surface area contributed by atoms with Gasteiger partial charge >= 0.3 is 0 Å². The molecule has 0 bridgehead atoms. The molecule has 0 saturated heterocycles. The SMILES string of the molecule is Cc1ccc(S(=O)(=O)NNC(C#CSc2ccccc2)c2cccs2)cc1. The molecule has 1 atom stereocenters. The first-order chi connectivity index (χ1) is 13.0. The Morgan fingerprint density at radius 1 is 1.00 bits per heavy atom. The van der Waals surface area contributed by atoms with E-state index in [2.05, 4.69) is 21.4 Å². The van der Waals surface area contributed by atoms with Crippen molar-refractivity contribution >= 4 is 33.1 Å². The van der Waals surface area contributed by atoms with Gasteiger partial charge in [0.2, 0.25) is 0 Å². The standard InChI is InChI=1S/C20H18N2O2S3/c1-16-9-11-18(12-10-16)27(23,24)22-21-19(20-8-5-14-26-20)13-15-25-17-6-3-2-4-7-17/h2-12,14,19,21-22H,1H3. The maximum atomic E-state index is 12.5. The summed E-state index contributed by atoms with van der Waals surface area (Å²) in [6, 6.07) is 19.9. The smallest absolute Gasteiger partial charge is 0.223 e. The fourth-order valence-electron chi connectivity index (χ4n) is 2.18. The second kappa shape index (κ2) is 9.22. The number of thioether (sulfide) groups is 1. The van der Waals surface area contributed by atoms with E-state index in [1.165, 1.54) is 23.1 Å². The van der Waals surface area contributed by atoms with E-state index >= 15 is 0 Å². The molecular weight excluding hydrogens is 396 g/mol. The highest BCUT2D eigenvalue weighted by molar-refractivity contribution is 8.03. The molecule has 0 aliphatic carbocycles. The second-order valence-corrected chi connectivity index (χ2v) is 9.21. The molecule has 0 fully saturated rings. The number of hydrogen-bond donors (Lipinski definition) is 2. The molecule has 3 rings (SSSR count). The van der Waals surface area contributed by atoms with Crippen LogP contribution in [0.1, 0.15) is 16.5 Å². The van der Waals surface area contributed by atoms with Crippen LogP contribution in [0.3, 0.4) is 0 Å². The topological polar surface area (TPSA) is 58.2 Å². The Balaban J connectivity index is 1.72. The van der Waals surface area contributed by atoms with Gasteiger partial charge in [0.25, 0.3) is 10.0 Å². The molecule has 0 amide bonds. The Bertz CT molecular complexity index is 1020. The van der Waals surface area contributed by atoms with Crippen LogP contribution >= 0.6 is 23.1 Å². The molecule has 138 valence electrons. The molecule has 0 aliphatic heterocycles. The molecule has 0 spiro atoms. The van der Waals surface area contributed by atoms with Crippen LogP contribution in [0.5, 0.6) is 0 Å². The number of thiophene rings is 1. The van der Waals surface area contributed by atoms with Crippen molar-refractivity contribution in [2.75, 3.05) is 0 Å². The zero-order valence-electron chi connectivity index (χ0n) is 14.5. The Labute approximate surface area is 168 Å². The summed E-state index contributed by atoms with van der Waals surface area (Å²) in [5.41, 5.74) is 3.85. The van der Waals surface area contributed by atoms with Gasteiger partial charge in [0.15, 0.2) is 0 Å². The van der Waals surface area contributed by atoms with E-state index in [-0.39, 0.29) is 4.90 Å². The van der Waals surface area contributed by atoms with Crippen LogP contribution in [-0.4, -0.2) is 8.42 Å². The van der Waals surface area contributed by atoms with Crippen LogP contribution in [0, 0.1) is 18.1 Å². The van der Waals surface area contributed by atoms with Crippen LogP contribution in [-0.2, 0) is 10.0 Å². The number of benzene rings is 2. The molecule has 1 heterocycles. The van der Waals surface area contributed by atoms with E-state index in [0.717, 1.165) is 15.3 Å². The summed E-state index contributed by atoms with van der Waals surface area (Å²) in [6.07, 6.45) is 0. The van der Waals surface area contributed by atoms with Crippen LogP contribution in [0.2, 0.25) is 0 Å². The summed E-state index contributed by atoms with van der Waals surface area (Å²) in [7, 11) is -3.67. The number of nitrogens with one attached hydrogen (secondary N) is 2. The number of hydrogen-bond acceptors (Lipinski definition) is 5. The van der Waals surface area contributed by atoms with Crippen molar-refractivity contribution < 1.29 is 8.42 Å². The lowest BCUT2D eigenvalue weighted by Gasteiger charge is -2.13. The molecular formula is C20H18N2O2S3. The summed E-state index contributed by atoms with van der Waals surface area (Å²) in [6.45, 7) is 1.91. The molecule has 1 unspecified atom stereocenters. The minimum atomic E-state index is -3.67. The van der Waals surface area contributed by atoms with E-state index in [1.54, 1.807) is 24.3 Å². The predicted molar refractivity (Wildman–Crippen MR) is 112 cm³/mol. The largest absolute Gasteiger partial charge is 0.253 e. The molecule has 0 aliphatic rings. The molecule has 0 radical (unpaired) electrons. The monoisotopic (exact) mass is 414 g/mol. The fourth-order valence-corrected chi connectivity index (χ4v) is 4.38. The lowest BCUT2D eigenvalue weighted by Crippen LogP contribution is -2.39. The first-order valence-corrected chi connectivity index (χ1v) is 11.3. The normalized spacial score (nSPS) is 12.2. The molecule has 2 N–H and O–H groups in total. The molecule has 4 nitrogen and oxygen atoms in total. The summed E-state index contributed by atoms with van der Waals surface area (Å²) >= 11 is 2.92. The highest BCUT2D eigenvalue weighted by Gasteiger charge is 2.17. The van der Waals surface area contributed by atoms with Crippen molar-refractivity contribution in [3.63, 3.8) is 0 Å². The molecule has 7 heteroatoms. The van der Waals surface area contributed by atoms with Gasteiger partial charge in [-0.05, 0) is 59.6 Å². The molecule has 0 saturated carbocycles. The molecule has 2 aromatic carbocycles. The fraction of sp³-hybridized carbons (Fsp3) is 0.100. The van der Waals surface area contributed by atoms with Gasteiger partial charge in [-0.2, -0.15) is 0 Å². The number of sulfonamides is 1. The average Bonchev–Trinajstić information content (AvgIpc) is 3.20. The maximum Gasteiger partial charge on any atom is 0.253 e. The van der Waals surface area contributed by atoms with Crippen molar-refractivity contribution in [2.45, 2.75) is 22.8 Å². The summed E-state index contributed by atoms with van der Waals surface area (Å²) < 4.78 is 25.0. The van der Waals surface area contributed by atoms with Crippen molar-refractivity contribution in [1.29, 1.82) is 0 Å². The third-order valence-corrected chi connectivity index (χ3v) is 6.56. The van der Waals surface area contributed by atoms with E-state index < -0.39 is 16.1 Å². The van der Waals surface area contributed by atoms with Crippen molar-refractivity contribution in [3.05, 3.63) is 82.6 Å². The summed E-state index contributed by atoms with van der Waals surface area (Å²) in [5.74, 6) is 3.09. The zero-order chi connectivity index (χ0) is 19.1. The molecule has 1 aromatic heterocycles.